The zero-order chi connectivity index (χ0) is 58.0. The average Bonchev–Trinajstić information content (AvgIpc) is 3.66. The van der Waals surface area contributed by atoms with Crippen LogP contribution in [0.3, 0.4) is 0 Å². The monoisotopic (exact) mass is 1120 g/mol. The Kier molecular flexibility index (Phi) is 46.7. The summed E-state index contributed by atoms with van der Waals surface area (Å²) in [5, 5.41) is 0. The maximum atomic E-state index is 14.3. The van der Waals surface area contributed by atoms with Crippen LogP contribution in [0.5, 0.6) is 0 Å². The van der Waals surface area contributed by atoms with Gasteiger partial charge >= 0.3 is 41.9 Å². The number of hydrogen-bond acceptors (Lipinski definition) is 15. The van der Waals surface area contributed by atoms with Gasteiger partial charge in [0.25, 0.3) is 0 Å². The Labute approximate surface area is 478 Å². The van der Waals surface area contributed by atoms with E-state index in [0.29, 0.717) is 45.1 Å². The van der Waals surface area contributed by atoms with Gasteiger partial charge in [-0.1, -0.05) is 182 Å². The van der Waals surface area contributed by atoms with Crippen molar-refractivity contribution in [2.24, 2.45) is 11.8 Å². The number of rotatable bonds is 51. The van der Waals surface area contributed by atoms with E-state index in [1.807, 2.05) is 12.2 Å². The third-order valence-corrected chi connectivity index (χ3v) is 14.3. The van der Waals surface area contributed by atoms with Crippen molar-refractivity contribution in [1.82, 2.24) is 9.80 Å². The van der Waals surface area contributed by atoms with Gasteiger partial charge in [-0.2, -0.15) is 0 Å². The molecule has 16 nitrogen and oxygen atoms in total. The first kappa shape index (κ1) is 72.8. The zero-order valence-corrected chi connectivity index (χ0v) is 50.7. The van der Waals surface area contributed by atoms with E-state index in [0.717, 1.165) is 154 Å². The largest absolute Gasteiger partial charge is 0.465 e. The Bertz CT molecular complexity index is 1460. The first-order valence-corrected chi connectivity index (χ1v) is 31.7. The van der Waals surface area contributed by atoms with Gasteiger partial charge in [0.1, 0.15) is 19.8 Å². The second kappa shape index (κ2) is 50.7. The number of esters is 6. The second-order valence-electron chi connectivity index (χ2n) is 21.9. The predicted octanol–water partition coefficient (Wildman–Crippen LogP) is 13.9. The smallest absolute Gasteiger partial charge is 0.410 e. The fourth-order valence-corrected chi connectivity index (χ4v) is 9.56. The highest BCUT2D eigenvalue weighted by Gasteiger charge is 2.35. The van der Waals surface area contributed by atoms with E-state index in [1.54, 1.807) is 0 Å². The van der Waals surface area contributed by atoms with Gasteiger partial charge in [-0.25, -0.2) is 4.79 Å². The molecule has 0 saturated carbocycles. The highest BCUT2D eigenvalue weighted by atomic mass is 16.6. The SMILES string of the molecule is CCCCCCCCC(=O)OCC(COC(=O)CCCCCCCC)CC(=O)OC[C@H]1CC=CC[C@@H](COC(=O)CC(COC(=O)CCCCCCCC)COC(=O)CCCCCCCC)N1C(=O)OCCN(CCC)CCC. The number of carbonyl (C=O) groups is 7. The first-order valence-electron chi connectivity index (χ1n) is 31.7. The van der Waals surface area contributed by atoms with Crippen LogP contribution in [0, 0.1) is 11.8 Å². The molecule has 0 bridgehead atoms. The molecule has 0 aliphatic carbocycles. The lowest BCUT2D eigenvalue weighted by molar-refractivity contribution is -0.156. The summed E-state index contributed by atoms with van der Waals surface area (Å²) >= 11 is 0. The molecule has 1 aliphatic heterocycles. The van der Waals surface area contributed by atoms with Crippen LogP contribution in [0.25, 0.3) is 0 Å². The molecular formula is C63H112N2O14. The summed E-state index contributed by atoms with van der Waals surface area (Å²) in [6, 6.07) is -1.40. The Morgan fingerprint density at radius 1 is 0.380 bits per heavy atom. The maximum Gasteiger partial charge on any atom is 0.410 e. The van der Waals surface area contributed by atoms with Crippen LogP contribution in [-0.2, 0) is 61.9 Å². The van der Waals surface area contributed by atoms with Crippen LogP contribution in [0.15, 0.2) is 12.2 Å². The Morgan fingerprint density at radius 3 is 0.987 bits per heavy atom. The van der Waals surface area contributed by atoms with Crippen molar-refractivity contribution in [3.05, 3.63) is 12.2 Å². The van der Waals surface area contributed by atoms with E-state index in [4.69, 9.17) is 33.2 Å². The Hall–Kier alpha value is -4.21. The number of carbonyl (C=O) groups excluding carboxylic acids is 7. The quantitative estimate of drug-likeness (QED) is 0.0242. The van der Waals surface area contributed by atoms with Crippen LogP contribution in [0.2, 0.25) is 0 Å². The topological polar surface area (TPSA) is 191 Å². The predicted molar refractivity (Wildman–Crippen MR) is 310 cm³/mol. The summed E-state index contributed by atoms with van der Waals surface area (Å²) in [7, 11) is 0. The molecule has 458 valence electrons. The van der Waals surface area contributed by atoms with Gasteiger partial charge < -0.3 is 33.2 Å². The highest BCUT2D eigenvalue weighted by Crippen LogP contribution is 2.23. The average molecular weight is 1120 g/mol. The van der Waals surface area contributed by atoms with E-state index in [1.165, 1.54) is 4.90 Å². The molecule has 0 aromatic carbocycles. The molecule has 2 atom stereocenters. The molecule has 16 heteroatoms. The standard InChI is InChI=1S/C63H112N2O14/c1-7-13-17-21-25-29-37-57(66)74-47-53(48-75-58(67)38-30-26-22-18-14-8-2)45-61(70)78-51-55-35-33-34-36-56(65(55)63(72)73-44-43-64(41-11-5)42-12-6)52-79-62(71)46-54(49-76-59(68)39-31-27-23-19-15-9-3)50-77-60(69)40-32-28-24-20-16-10-4/h33-34,53-56H,7-32,35-52H2,1-6H3/t55-,56+. The van der Waals surface area contributed by atoms with Crippen molar-refractivity contribution < 1.29 is 66.7 Å². The minimum Gasteiger partial charge on any atom is -0.465 e. The van der Waals surface area contributed by atoms with Gasteiger partial charge in [0.05, 0.1) is 51.4 Å². The van der Waals surface area contributed by atoms with Gasteiger partial charge in [-0.3, -0.25) is 38.6 Å². The molecule has 0 aromatic rings. The van der Waals surface area contributed by atoms with Crippen LogP contribution in [-0.4, -0.2) is 130 Å². The summed E-state index contributed by atoms with van der Waals surface area (Å²) in [4.78, 5) is 96.6. The molecule has 0 N–H and O–H groups in total. The fourth-order valence-electron chi connectivity index (χ4n) is 9.56. The van der Waals surface area contributed by atoms with Crippen molar-refractivity contribution >= 4 is 41.9 Å². The van der Waals surface area contributed by atoms with Gasteiger partial charge in [-0.15, -0.1) is 0 Å². The molecule has 1 amide bonds. The molecule has 0 unspecified atom stereocenters. The second-order valence-corrected chi connectivity index (χ2v) is 21.9. The third-order valence-electron chi connectivity index (χ3n) is 14.3. The van der Waals surface area contributed by atoms with E-state index in [9.17, 15) is 33.6 Å². The van der Waals surface area contributed by atoms with Gasteiger partial charge in [0, 0.05) is 44.1 Å². The van der Waals surface area contributed by atoms with Crippen LogP contribution >= 0.6 is 0 Å². The summed E-state index contributed by atoms with van der Waals surface area (Å²) in [6.07, 6.45) is 30.8. The number of nitrogens with zero attached hydrogens (tertiary/aromatic N) is 2. The number of hydrogen-bond donors (Lipinski definition) is 0. The summed E-state index contributed by atoms with van der Waals surface area (Å²) in [5.74, 6) is -4.01. The molecule has 0 radical (unpaired) electrons. The number of amides is 1. The van der Waals surface area contributed by atoms with Crippen LogP contribution < -0.4 is 0 Å². The van der Waals surface area contributed by atoms with E-state index in [2.05, 4.69) is 46.4 Å². The minimum atomic E-state index is -0.699. The van der Waals surface area contributed by atoms with Crippen molar-refractivity contribution in [2.45, 2.75) is 272 Å². The molecule has 0 saturated heterocycles. The summed E-state index contributed by atoms with van der Waals surface area (Å²) in [6.45, 7) is 14.3. The minimum absolute atomic E-state index is 0.120. The van der Waals surface area contributed by atoms with E-state index >= 15 is 0 Å². The lowest BCUT2D eigenvalue weighted by atomic mass is 10.1. The highest BCUT2D eigenvalue weighted by molar-refractivity contribution is 5.73. The lowest BCUT2D eigenvalue weighted by Gasteiger charge is -2.35. The Morgan fingerprint density at radius 2 is 0.684 bits per heavy atom. The molecule has 0 spiro atoms. The van der Waals surface area contributed by atoms with Crippen molar-refractivity contribution in [3.63, 3.8) is 0 Å². The molecule has 79 heavy (non-hydrogen) atoms. The first-order chi connectivity index (χ1) is 38.4. The normalized spacial score (nSPS) is 14.3. The maximum absolute atomic E-state index is 14.3. The molecular weight excluding hydrogens is 1010 g/mol. The molecule has 1 aliphatic rings. The molecule has 1 rings (SSSR count). The van der Waals surface area contributed by atoms with Crippen molar-refractivity contribution in [3.8, 4) is 0 Å². The summed E-state index contributed by atoms with van der Waals surface area (Å²) in [5.41, 5.74) is 0. The van der Waals surface area contributed by atoms with Gasteiger partial charge in [0.2, 0.25) is 0 Å². The van der Waals surface area contributed by atoms with Crippen molar-refractivity contribution in [2.75, 3.05) is 65.9 Å². The number of unbranched alkanes of at least 4 members (excludes halogenated alkanes) is 20. The van der Waals surface area contributed by atoms with Gasteiger partial charge in [0.15, 0.2) is 0 Å². The third kappa shape index (κ3) is 40.6. The molecule has 0 fully saturated rings. The van der Waals surface area contributed by atoms with E-state index < -0.39 is 42.0 Å². The van der Waals surface area contributed by atoms with Crippen LogP contribution in [0.1, 0.15) is 260 Å². The van der Waals surface area contributed by atoms with Crippen LogP contribution in [0.4, 0.5) is 4.79 Å². The fraction of sp³-hybridized carbons (Fsp3) is 0.857. The summed E-state index contributed by atoms with van der Waals surface area (Å²) < 4.78 is 40.2. The lowest BCUT2D eigenvalue weighted by Crippen LogP contribution is -2.51. The van der Waals surface area contributed by atoms with E-state index in [-0.39, 0.29) is 109 Å². The number of ether oxygens (including phenoxy) is 7. The van der Waals surface area contributed by atoms with Gasteiger partial charge in [-0.05, 0) is 64.5 Å². The molecule has 0 aromatic heterocycles. The zero-order valence-electron chi connectivity index (χ0n) is 50.7. The van der Waals surface area contributed by atoms with Crippen molar-refractivity contribution in [1.29, 1.82) is 0 Å². The Balaban J connectivity index is 3.22. The molecule has 1 heterocycles.